The average Bonchev–Trinajstić information content (AvgIpc) is 2.79. The number of aromatic hydroxyl groups is 1. The molecule has 1 amide bonds. The second-order valence-corrected chi connectivity index (χ2v) is 6.91. The third kappa shape index (κ3) is 6.11. The Morgan fingerprint density at radius 2 is 1.83 bits per heavy atom. The summed E-state index contributed by atoms with van der Waals surface area (Å²) in [4.78, 5) is 23.2. The number of nitrogens with zero attached hydrogens (tertiary/aromatic N) is 3. The number of pyridine rings is 1. The van der Waals surface area contributed by atoms with Crippen molar-refractivity contribution in [2.45, 2.75) is 6.18 Å². The van der Waals surface area contributed by atoms with Gasteiger partial charge in [-0.15, -0.1) is 0 Å². The first-order valence-corrected chi connectivity index (χ1v) is 9.66. The molecule has 0 aliphatic heterocycles. The van der Waals surface area contributed by atoms with Gasteiger partial charge in [-0.3, -0.25) is 4.79 Å². The van der Waals surface area contributed by atoms with Gasteiger partial charge in [-0.25, -0.2) is 19.3 Å². The molecule has 182 valence electrons. The first-order chi connectivity index (χ1) is 16.5. The number of anilines is 3. The predicted octanol–water partition coefficient (Wildman–Crippen LogP) is 4.26. The molecule has 10 nitrogen and oxygen atoms in total. The average molecular weight is 512 g/mol. The summed E-state index contributed by atoms with van der Waals surface area (Å²) in [5.74, 6) is -3.72. The predicted molar refractivity (Wildman–Crippen MR) is 118 cm³/mol. The molecule has 2 heterocycles. The number of aromatic nitrogens is 3. The maximum atomic E-state index is 14.5. The van der Waals surface area contributed by atoms with Crippen LogP contribution in [0, 0.1) is 11.2 Å². The number of amides is 1. The fraction of sp³-hybridized carbons (Fsp3) is 0.0500. The molecule has 0 saturated heterocycles. The number of ether oxygens (including phenoxy) is 1. The molecule has 0 unspecified atom stereocenters. The molecule has 2 aromatic heterocycles. The van der Waals surface area contributed by atoms with Crippen LogP contribution in [0.2, 0.25) is 5.02 Å². The number of nitrogens with two attached hydrogens (primary N) is 1. The van der Waals surface area contributed by atoms with E-state index in [2.05, 4.69) is 20.3 Å². The Bertz CT molecular complexity index is 1300. The van der Waals surface area contributed by atoms with Gasteiger partial charge in [-0.2, -0.15) is 13.2 Å². The van der Waals surface area contributed by atoms with Crippen molar-refractivity contribution in [2.75, 3.05) is 16.4 Å². The van der Waals surface area contributed by atoms with Crippen LogP contribution in [-0.4, -0.2) is 38.4 Å². The van der Waals surface area contributed by atoms with E-state index >= 15 is 0 Å². The zero-order valence-corrected chi connectivity index (χ0v) is 17.9. The molecule has 0 saturated carbocycles. The Morgan fingerprint density at radius 1 is 1.14 bits per heavy atom. The van der Waals surface area contributed by atoms with Gasteiger partial charge >= 0.3 is 6.18 Å². The minimum absolute atomic E-state index is 0.00113. The number of rotatable bonds is 7. The Hall–Kier alpha value is -4.46. The van der Waals surface area contributed by atoms with Crippen molar-refractivity contribution in [3.63, 3.8) is 0 Å². The van der Waals surface area contributed by atoms with Gasteiger partial charge < -0.3 is 31.6 Å². The van der Waals surface area contributed by atoms with Crippen LogP contribution in [0.1, 0.15) is 0 Å². The lowest BCUT2D eigenvalue weighted by molar-refractivity contribution is -0.114. The molecule has 3 aromatic rings. The summed E-state index contributed by atoms with van der Waals surface area (Å²) in [5.41, 5.74) is 2.52. The van der Waals surface area contributed by atoms with E-state index in [4.69, 9.17) is 32.6 Å². The number of carbonyl (C=O) groups is 1. The van der Waals surface area contributed by atoms with E-state index in [1.807, 2.05) is 5.32 Å². The summed E-state index contributed by atoms with van der Waals surface area (Å²) in [6.07, 6.45) is -2.03. The first kappa shape index (κ1) is 25.2. The smallest absolute Gasteiger partial charge is 0.432 e. The van der Waals surface area contributed by atoms with E-state index in [9.17, 15) is 22.4 Å². The van der Waals surface area contributed by atoms with Gasteiger partial charge in [0.1, 0.15) is 16.5 Å². The molecule has 6 N–H and O–H groups in total. The fourth-order valence-corrected chi connectivity index (χ4v) is 2.69. The lowest BCUT2D eigenvalue weighted by atomic mass is 10.1. The minimum Gasteiger partial charge on any atom is -0.505 e. The third-order valence-electron chi connectivity index (χ3n) is 4.11. The Balaban J connectivity index is 1.85. The van der Waals surface area contributed by atoms with Gasteiger partial charge in [0.2, 0.25) is 5.95 Å². The summed E-state index contributed by atoms with van der Waals surface area (Å²) in [7, 11) is 0. The van der Waals surface area contributed by atoms with E-state index in [0.29, 0.717) is 0 Å². The maximum Gasteiger partial charge on any atom is 0.432 e. The van der Waals surface area contributed by atoms with Gasteiger partial charge in [-0.1, -0.05) is 11.6 Å². The number of hydrogen-bond donors (Lipinski definition) is 5. The van der Waals surface area contributed by atoms with Crippen LogP contribution in [0.15, 0.2) is 54.1 Å². The van der Waals surface area contributed by atoms with Crippen LogP contribution < -0.4 is 21.1 Å². The first-order valence-electron chi connectivity index (χ1n) is 9.28. The van der Waals surface area contributed by atoms with E-state index in [1.165, 1.54) is 12.3 Å². The number of nitrogens with one attached hydrogen (secondary N) is 3. The van der Waals surface area contributed by atoms with Crippen molar-refractivity contribution in [3.8, 4) is 17.2 Å². The number of benzene rings is 1. The van der Waals surface area contributed by atoms with Gasteiger partial charge in [0, 0.05) is 30.2 Å². The normalized spacial score (nSPS) is 11.9. The quantitative estimate of drug-likeness (QED) is 0.179. The fourth-order valence-electron chi connectivity index (χ4n) is 2.54. The Labute approximate surface area is 198 Å². The van der Waals surface area contributed by atoms with Gasteiger partial charge in [0.15, 0.2) is 23.1 Å². The molecule has 0 atom stereocenters. The van der Waals surface area contributed by atoms with Crippen molar-refractivity contribution >= 4 is 41.2 Å². The number of carbonyl (C=O) groups excluding carboxylic acids is 1. The topological polar surface area (TPSA) is 159 Å². The van der Waals surface area contributed by atoms with Crippen LogP contribution in [0.3, 0.4) is 0 Å². The molecule has 0 radical (unpaired) electrons. The van der Waals surface area contributed by atoms with Crippen molar-refractivity contribution in [1.82, 2.24) is 15.0 Å². The molecular weight excluding hydrogens is 498 g/mol. The molecule has 0 spiro atoms. The number of halogens is 5. The van der Waals surface area contributed by atoms with Gasteiger partial charge in [-0.05, 0) is 12.1 Å². The second kappa shape index (κ2) is 10.2. The summed E-state index contributed by atoms with van der Waals surface area (Å²) < 4.78 is 60.6. The molecule has 35 heavy (non-hydrogen) atoms. The van der Waals surface area contributed by atoms with Crippen LogP contribution in [0.4, 0.5) is 35.0 Å². The number of allylic oxidation sites excluding steroid dienone is 1. The minimum atomic E-state index is -5.12. The van der Waals surface area contributed by atoms with Gasteiger partial charge in [0.25, 0.3) is 5.91 Å². The highest BCUT2D eigenvalue weighted by molar-refractivity contribution is 6.34. The Morgan fingerprint density at radius 3 is 2.43 bits per heavy atom. The standard InChI is InChI=1S/C20H14ClF4N7O3/c21-15-14(3-4-28-17(15)27)35-13-2-1-9(5-12(13)22)31-18(34)11(6-26)16(20(23,24)25)32-19-29-7-10(33)8-30-19/h1-8,26,33H,(H2,27,28)(H,31,34)(H,29,30,32)/b16-11+,26-6?. The lowest BCUT2D eigenvalue weighted by Crippen LogP contribution is -2.28. The summed E-state index contributed by atoms with van der Waals surface area (Å²) in [6.45, 7) is 0. The van der Waals surface area contributed by atoms with E-state index in [0.717, 1.165) is 30.6 Å². The molecule has 3 rings (SSSR count). The van der Waals surface area contributed by atoms with E-state index in [-0.39, 0.29) is 34.2 Å². The zero-order chi connectivity index (χ0) is 25.8. The molecule has 0 bridgehead atoms. The van der Waals surface area contributed by atoms with Crippen LogP contribution in [0.25, 0.3) is 0 Å². The SMILES string of the molecule is N=C/C(C(=O)Nc1ccc(Oc2ccnc(N)c2Cl)c(F)c1)=C(\Nc1ncc(O)cn1)C(F)(F)F. The molecular formula is C20H14ClF4N7O3. The second-order valence-electron chi connectivity index (χ2n) is 6.53. The van der Waals surface area contributed by atoms with Crippen molar-refractivity contribution in [3.05, 3.63) is 65.0 Å². The molecule has 0 aliphatic rings. The summed E-state index contributed by atoms with van der Waals surface area (Å²) in [6, 6.07) is 4.37. The summed E-state index contributed by atoms with van der Waals surface area (Å²) in [5, 5.41) is 20.3. The Kier molecular flexibility index (Phi) is 7.34. The molecule has 0 fully saturated rings. The highest BCUT2D eigenvalue weighted by Crippen LogP contribution is 2.34. The van der Waals surface area contributed by atoms with E-state index < -0.39 is 40.9 Å². The van der Waals surface area contributed by atoms with Crippen molar-refractivity contribution in [2.24, 2.45) is 0 Å². The van der Waals surface area contributed by atoms with Crippen molar-refractivity contribution < 1.29 is 32.2 Å². The van der Waals surface area contributed by atoms with Crippen molar-refractivity contribution in [1.29, 1.82) is 5.41 Å². The monoisotopic (exact) mass is 511 g/mol. The van der Waals surface area contributed by atoms with Crippen LogP contribution in [-0.2, 0) is 4.79 Å². The number of alkyl halides is 3. The van der Waals surface area contributed by atoms with Crippen LogP contribution >= 0.6 is 11.6 Å². The third-order valence-corrected chi connectivity index (χ3v) is 4.49. The molecule has 0 aliphatic carbocycles. The number of nitrogen functional groups attached to an aromatic ring is 1. The highest BCUT2D eigenvalue weighted by Gasteiger charge is 2.38. The largest absolute Gasteiger partial charge is 0.505 e. The highest BCUT2D eigenvalue weighted by atomic mass is 35.5. The molecule has 15 heteroatoms. The van der Waals surface area contributed by atoms with Gasteiger partial charge in [0.05, 0.1) is 18.0 Å². The number of hydrogen-bond acceptors (Lipinski definition) is 9. The summed E-state index contributed by atoms with van der Waals surface area (Å²) >= 11 is 5.94. The van der Waals surface area contributed by atoms with Crippen LogP contribution in [0.5, 0.6) is 17.2 Å². The lowest BCUT2D eigenvalue weighted by Gasteiger charge is -2.16. The zero-order valence-electron chi connectivity index (χ0n) is 17.2. The molecule has 1 aromatic carbocycles. The van der Waals surface area contributed by atoms with E-state index in [1.54, 1.807) is 0 Å². The maximum absolute atomic E-state index is 14.5.